The third-order valence-corrected chi connectivity index (χ3v) is 3.30. The molecule has 2 aromatic rings. The lowest BCUT2D eigenvalue weighted by Gasteiger charge is -2.00. The van der Waals surface area contributed by atoms with Crippen molar-refractivity contribution < 1.29 is 4.79 Å². The Bertz CT molecular complexity index is 531. The van der Waals surface area contributed by atoms with E-state index in [1.165, 1.54) is 5.03 Å². The van der Waals surface area contributed by atoms with E-state index in [-0.39, 0.29) is 5.91 Å². The number of amides is 1. The number of benzene rings is 1. The maximum absolute atomic E-state index is 11.0. The van der Waals surface area contributed by atoms with Crippen LogP contribution in [0.15, 0.2) is 29.3 Å². The summed E-state index contributed by atoms with van der Waals surface area (Å²) in [4.78, 5) is 11.0. The summed E-state index contributed by atoms with van der Waals surface area (Å²) in [6, 6.07) is 7.58. The van der Waals surface area contributed by atoms with Crippen LogP contribution in [0.25, 0.3) is 10.9 Å². The number of fused-ring (bicyclic) bond motifs is 1. The topological polar surface area (TPSA) is 48.0 Å². The lowest BCUT2D eigenvalue weighted by atomic mass is 10.1. The van der Waals surface area contributed by atoms with Gasteiger partial charge in [0.05, 0.1) is 5.03 Å². The molecule has 0 saturated heterocycles. The molecule has 1 amide bonds. The first-order chi connectivity index (χ1) is 7.13. The van der Waals surface area contributed by atoms with Crippen LogP contribution >= 0.6 is 11.8 Å². The fourth-order valence-electron chi connectivity index (χ4n) is 1.67. The molecule has 2 N–H and O–H groups in total. The number of thioether (sulfide) groups is 1. The Balaban J connectivity index is 2.68. The summed E-state index contributed by atoms with van der Waals surface area (Å²) in [7, 11) is 2.01. The molecule has 1 aromatic heterocycles. The number of hydrogen-bond donors (Lipinski definition) is 1. The van der Waals surface area contributed by atoms with Gasteiger partial charge in [0, 0.05) is 23.5 Å². The number of nitrogens with two attached hydrogens (primary N) is 1. The second-order valence-corrected chi connectivity index (χ2v) is 4.21. The van der Waals surface area contributed by atoms with Crippen LogP contribution in [0.1, 0.15) is 10.4 Å². The minimum atomic E-state index is -0.383. The molecule has 0 aliphatic carbocycles. The van der Waals surface area contributed by atoms with Crippen molar-refractivity contribution in [2.75, 3.05) is 6.26 Å². The van der Waals surface area contributed by atoms with E-state index >= 15 is 0 Å². The first-order valence-corrected chi connectivity index (χ1v) is 5.79. The molecular weight excluding hydrogens is 208 g/mol. The van der Waals surface area contributed by atoms with Crippen molar-refractivity contribution in [3.8, 4) is 0 Å². The fraction of sp³-hybridized carbons (Fsp3) is 0.182. The van der Waals surface area contributed by atoms with E-state index in [0.29, 0.717) is 5.56 Å². The van der Waals surface area contributed by atoms with Crippen LogP contribution in [0.4, 0.5) is 0 Å². The molecule has 0 bridgehead atoms. The van der Waals surface area contributed by atoms with Gasteiger partial charge in [-0.05, 0) is 30.5 Å². The summed E-state index contributed by atoms with van der Waals surface area (Å²) in [5.41, 5.74) is 6.90. The van der Waals surface area contributed by atoms with Crippen LogP contribution in [-0.2, 0) is 7.05 Å². The number of rotatable bonds is 2. The zero-order valence-corrected chi connectivity index (χ0v) is 9.47. The van der Waals surface area contributed by atoms with Gasteiger partial charge in [0.15, 0.2) is 0 Å². The SMILES string of the molecule is CSc1cc2cc(C(N)=O)ccc2n1C. The molecule has 0 aliphatic rings. The molecule has 1 heterocycles. The van der Waals surface area contributed by atoms with Crippen molar-refractivity contribution in [3.63, 3.8) is 0 Å². The highest BCUT2D eigenvalue weighted by atomic mass is 32.2. The van der Waals surface area contributed by atoms with Gasteiger partial charge in [-0.1, -0.05) is 0 Å². The average Bonchev–Trinajstić information content (AvgIpc) is 2.55. The van der Waals surface area contributed by atoms with Gasteiger partial charge in [0.2, 0.25) is 5.91 Å². The quantitative estimate of drug-likeness (QED) is 0.787. The minimum absolute atomic E-state index is 0.383. The van der Waals surface area contributed by atoms with Gasteiger partial charge in [-0.25, -0.2) is 0 Å². The predicted octanol–water partition coefficient (Wildman–Crippen LogP) is 2.00. The Labute approximate surface area is 92.3 Å². The van der Waals surface area contributed by atoms with Crippen molar-refractivity contribution in [2.45, 2.75) is 5.03 Å². The van der Waals surface area contributed by atoms with Crippen LogP contribution in [0.5, 0.6) is 0 Å². The monoisotopic (exact) mass is 220 g/mol. The third kappa shape index (κ3) is 1.61. The van der Waals surface area contributed by atoms with E-state index < -0.39 is 0 Å². The zero-order valence-electron chi connectivity index (χ0n) is 8.65. The number of aryl methyl sites for hydroxylation is 1. The van der Waals surface area contributed by atoms with Crippen LogP contribution in [0, 0.1) is 0 Å². The highest BCUT2D eigenvalue weighted by Gasteiger charge is 2.07. The Morgan fingerprint density at radius 1 is 1.40 bits per heavy atom. The molecule has 0 saturated carbocycles. The third-order valence-electron chi connectivity index (χ3n) is 2.49. The molecule has 3 nitrogen and oxygen atoms in total. The van der Waals surface area contributed by atoms with Gasteiger partial charge in [0.1, 0.15) is 0 Å². The number of hydrogen-bond acceptors (Lipinski definition) is 2. The van der Waals surface area contributed by atoms with Crippen molar-refractivity contribution in [2.24, 2.45) is 12.8 Å². The number of carbonyl (C=O) groups excluding carboxylic acids is 1. The normalized spacial score (nSPS) is 10.8. The predicted molar refractivity (Wildman–Crippen MR) is 63.2 cm³/mol. The maximum Gasteiger partial charge on any atom is 0.248 e. The second-order valence-electron chi connectivity index (χ2n) is 3.38. The van der Waals surface area contributed by atoms with Crippen molar-refractivity contribution in [3.05, 3.63) is 29.8 Å². The molecule has 0 unspecified atom stereocenters. The molecule has 0 atom stereocenters. The highest BCUT2D eigenvalue weighted by Crippen LogP contribution is 2.25. The first-order valence-electron chi connectivity index (χ1n) is 4.56. The van der Waals surface area contributed by atoms with Crippen molar-refractivity contribution in [1.29, 1.82) is 0 Å². The largest absolute Gasteiger partial charge is 0.366 e. The molecule has 0 aliphatic heterocycles. The Hall–Kier alpha value is -1.42. The number of nitrogens with zero attached hydrogens (tertiary/aromatic N) is 1. The molecule has 4 heteroatoms. The van der Waals surface area contributed by atoms with Crippen molar-refractivity contribution >= 4 is 28.6 Å². The smallest absolute Gasteiger partial charge is 0.248 e. The maximum atomic E-state index is 11.0. The summed E-state index contributed by atoms with van der Waals surface area (Å²) >= 11 is 1.68. The van der Waals surface area contributed by atoms with E-state index in [1.807, 2.05) is 25.4 Å². The summed E-state index contributed by atoms with van der Waals surface area (Å²) in [5.74, 6) is -0.383. The van der Waals surface area contributed by atoms with Crippen LogP contribution in [0.3, 0.4) is 0 Å². The van der Waals surface area contributed by atoms with Crippen LogP contribution < -0.4 is 5.73 Å². The molecular formula is C11H12N2OS. The number of aromatic nitrogens is 1. The Morgan fingerprint density at radius 3 is 2.73 bits per heavy atom. The van der Waals surface area contributed by atoms with Gasteiger partial charge >= 0.3 is 0 Å². The van der Waals surface area contributed by atoms with Gasteiger partial charge in [-0.3, -0.25) is 4.79 Å². The lowest BCUT2D eigenvalue weighted by molar-refractivity contribution is 0.100. The van der Waals surface area contributed by atoms with Crippen LogP contribution in [-0.4, -0.2) is 16.7 Å². The van der Waals surface area contributed by atoms with E-state index in [1.54, 1.807) is 17.8 Å². The standard InChI is InChI=1S/C11H12N2OS/c1-13-9-4-3-7(11(12)14)5-8(9)6-10(13)15-2/h3-6H,1-2H3,(H2,12,14). The summed E-state index contributed by atoms with van der Waals surface area (Å²) in [6.07, 6.45) is 2.03. The summed E-state index contributed by atoms with van der Waals surface area (Å²) in [5, 5.41) is 2.23. The molecule has 0 fully saturated rings. The van der Waals surface area contributed by atoms with E-state index in [4.69, 9.17) is 5.73 Å². The first kappa shape index (κ1) is 10.1. The average molecular weight is 220 g/mol. The summed E-state index contributed by atoms with van der Waals surface area (Å²) in [6.45, 7) is 0. The summed E-state index contributed by atoms with van der Waals surface area (Å²) < 4.78 is 2.10. The molecule has 2 rings (SSSR count). The molecule has 0 spiro atoms. The van der Waals surface area contributed by atoms with Crippen LogP contribution in [0.2, 0.25) is 0 Å². The Kier molecular flexibility index (Phi) is 2.44. The lowest BCUT2D eigenvalue weighted by Crippen LogP contribution is -2.10. The van der Waals surface area contributed by atoms with Gasteiger partial charge in [-0.2, -0.15) is 0 Å². The Morgan fingerprint density at radius 2 is 2.13 bits per heavy atom. The fourth-order valence-corrected chi connectivity index (χ4v) is 2.29. The van der Waals surface area contributed by atoms with Gasteiger partial charge in [0.25, 0.3) is 0 Å². The van der Waals surface area contributed by atoms with Gasteiger partial charge in [-0.15, -0.1) is 11.8 Å². The highest BCUT2D eigenvalue weighted by molar-refractivity contribution is 7.98. The van der Waals surface area contributed by atoms with E-state index in [0.717, 1.165) is 10.9 Å². The molecule has 1 aromatic carbocycles. The number of primary amides is 1. The molecule has 78 valence electrons. The molecule has 0 radical (unpaired) electrons. The minimum Gasteiger partial charge on any atom is -0.366 e. The van der Waals surface area contributed by atoms with Gasteiger partial charge < -0.3 is 10.3 Å². The second kappa shape index (κ2) is 3.62. The zero-order chi connectivity index (χ0) is 11.0. The van der Waals surface area contributed by atoms with Crippen molar-refractivity contribution in [1.82, 2.24) is 4.57 Å². The van der Waals surface area contributed by atoms with E-state index in [9.17, 15) is 4.79 Å². The van der Waals surface area contributed by atoms with E-state index in [2.05, 4.69) is 10.6 Å². The number of carbonyl (C=O) groups is 1. The molecule has 15 heavy (non-hydrogen) atoms.